The average Bonchev–Trinajstić information content (AvgIpc) is 2.88. The molecule has 2 aliphatic rings. The lowest BCUT2D eigenvalue weighted by Crippen LogP contribution is -2.56. The topological polar surface area (TPSA) is 46.0 Å². The van der Waals surface area contributed by atoms with E-state index in [0.29, 0.717) is 17.5 Å². The Morgan fingerprint density at radius 1 is 1.40 bits per heavy atom. The van der Waals surface area contributed by atoms with Gasteiger partial charge in [-0.3, -0.25) is 4.90 Å². The number of nitrogens with zero attached hydrogens (tertiary/aromatic N) is 4. The summed E-state index contributed by atoms with van der Waals surface area (Å²) in [6.45, 7) is 11.2. The van der Waals surface area contributed by atoms with Gasteiger partial charge in [0.25, 0.3) is 0 Å². The average molecular weight is 277 g/mol. The summed E-state index contributed by atoms with van der Waals surface area (Å²) in [5.74, 6) is 1.12. The number of likely N-dealkylation sites (N-methyl/N-ethyl adjacent to an activating group) is 1. The Morgan fingerprint density at radius 3 is 3.05 bits per heavy atom. The molecule has 5 nitrogen and oxygen atoms in total. The van der Waals surface area contributed by atoms with Gasteiger partial charge in [-0.1, -0.05) is 20.8 Å². The van der Waals surface area contributed by atoms with Gasteiger partial charge in [0.2, 0.25) is 0 Å². The summed E-state index contributed by atoms with van der Waals surface area (Å²) in [6.07, 6.45) is 5.75. The van der Waals surface area contributed by atoms with Gasteiger partial charge in [0.15, 0.2) is 0 Å². The van der Waals surface area contributed by atoms with Gasteiger partial charge in [0.1, 0.15) is 12.2 Å². The molecule has 112 valence electrons. The van der Waals surface area contributed by atoms with Gasteiger partial charge < -0.3 is 9.88 Å². The number of rotatable bonds is 3. The minimum atomic E-state index is 0.460. The largest absolute Gasteiger partial charge is 0.315 e. The highest BCUT2D eigenvalue weighted by molar-refractivity contribution is 4.98. The lowest BCUT2D eigenvalue weighted by Gasteiger charge is -2.47. The van der Waals surface area contributed by atoms with Crippen LogP contribution in [-0.2, 0) is 13.1 Å². The molecule has 3 rings (SSSR count). The van der Waals surface area contributed by atoms with E-state index in [1.165, 1.54) is 19.3 Å². The van der Waals surface area contributed by atoms with E-state index >= 15 is 0 Å². The third kappa shape index (κ3) is 2.74. The van der Waals surface area contributed by atoms with Crippen molar-refractivity contribution in [1.29, 1.82) is 0 Å². The van der Waals surface area contributed by atoms with Crippen LogP contribution in [0.2, 0.25) is 0 Å². The number of aromatic nitrogens is 3. The van der Waals surface area contributed by atoms with E-state index in [9.17, 15) is 0 Å². The predicted molar refractivity (Wildman–Crippen MR) is 79.3 cm³/mol. The van der Waals surface area contributed by atoms with Crippen LogP contribution in [0.25, 0.3) is 0 Å². The molecule has 1 N–H and O–H groups in total. The Bertz CT molecular complexity index is 453. The highest BCUT2D eigenvalue weighted by atomic mass is 15.3. The normalized spacial score (nSPS) is 30.1. The van der Waals surface area contributed by atoms with Crippen molar-refractivity contribution in [1.82, 2.24) is 25.0 Å². The third-order valence-electron chi connectivity index (χ3n) is 4.96. The molecule has 1 aromatic heterocycles. The molecule has 1 aliphatic heterocycles. The van der Waals surface area contributed by atoms with Crippen LogP contribution in [0.3, 0.4) is 0 Å². The number of nitrogens with one attached hydrogen (secondary N) is 1. The number of hydrogen-bond donors (Lipinski definition) is 1. The van der Waals surface area contributed by atoms with Gasteiger partial charge in [-0.05, 0) is 31.2 Å². The molecule has 1 aliphatic carbocycles. The molecule has 20 heavy (non-hydrogen) atoms. The van der Waals surface area contributed by atoms with Crippen molar-refractivity contribution in [3.8, 4) is 0 Å². The Hall–Kier alpha value is -0.940. The van der Waals surface area contributed by atoms with Crippen LogP contribution in [0.1, 0.15) is 45.9 Å². The predicted octanol–water partition coefficient (Wildman–Crippen LogP) is 1.65. The maximum atomic E-state index is 4.26. The standard InChI is InChI=1S/C15H27N5/c1-4-16-12-5-6-15(2,3)9-13(12)19-7-8-20-11-17-18-14(20)10-19/h11-13,16H,4-10H2,1-3H3. The van der Waals surface area contributed by atoms with Crippen molar-refractivity contribution >= 4 is 0 Å². The molecule has 0 spiro atoms. The first kappa shape index (κ1) is 14.0. The van der Waals surface area contributed by atoms with Crippen molar-refractivity contribution in [2.24, 2.45) is 5.41 Å². The van der Waals surface area contributed by atoms with E-state index in [1.54, 1.807) is 0 Å². The molecule has 0 aromatic carbocycles. The van der Waals surface area contributed by atoms with Crippen LogP contribution in [0.5, 0.6) is 0 Å². The second kappa shape index (κ2) is 5.45. The first-order valence-electron chi connectivity index (χ1n) is 7.93. The molecular weight excluding hydrogens is 250 g/mol. The summed E-state index contributed by atoms with van der Waals surface area (Å²) in [4.78, 5) is 2.62. The molecule has 0 saturated heterocycles. The van der Waals surface area contributed by atoms with Gasteiger partial charge in [0, 0.05) is 25.2 Å². The highest BCUT2D eigenvalue weighted by Gasteiger charge is 2.38. The molecule has 2 unspecified atom stereocenters. The van der Waals surface area contributed by atoms with E-state index in [1.807, 2.05) is 6.33 Å². The first-order valence-corrected chi connectivity index (χ1v) is 7.93. The van der Waals surface area contributed by atoms with Crippen molar-refractivity contribution < 1.29 is 0 Å². The monoisotopic (exact) mass is 277 g/mol. The van der Waals surface area contributed by atoms with E-state index < -0.39 is 0 Å². The van der Waals surface area contributed by atoms with Crippen LogP contribution in [-0.4, -0.2) is 44.8 Å². The zero-order valence-electron chi connectivity index (χ0n) is 13.0. The van der Waals surface area contributed by atoms with Gasteiger partial charge in [-0.2, -0.15) is 0 Å². The molecule has 1 aromatic rings. The summed E-state index contributed by atoms with van der Waals surface area (Å²) >= 11 is 0. The molecule has 5 heteroatoms. The zero-order valence-corrected chi connectivity index (χ0v) is 13.0. The molecular formula is C15H27N5. The molecule has 0 bridgehead atoms. The molecule has 1 saturated carbocycles. The van der Waals surface area contributed by atoms with Gasteiger partial charge in [0.05, 0.1) is 6.54 Å². The van der Waals surface area contributed by atoms with Gasteiger partial charge in [-0.15, -0.1) is 10.2 Å². The summed E-state index contributed by atoms with van der Waals surface area (Å²) < 4.78 is 2.19. The Kier molecular flexibility index (Phi) is 3.82. The zero-order chi connectivity index (χ0) is 14.2. The van der Waals surface area contributed by atoms with Crippen LogP contribution in [0, 0.1) is 5.41 Å². The lowest BCUT2D eigenvalue weighted by molar-refractivity contribution is 0.0467. The number of fused-ring (bicyclic) bond motifs is 1. The fourth-order valence-electron chi connectivity index (χ4n) is 3.80. The third-order valence-corrected chi connectivity index (χ3v) is 4.96. The summed E-state index contributed by atoms with van der Waals surface area (Å²) in [5, 5.41) is 12.0. The van der Waals surface area contributed by atoms with E-state index in [-0.39, 0.29) is 0 Å². The summed E-state index contributed by atoms with van der Waals surface area (Å²) in [7, 11) is 0. The van der Waals surface area contributed by atoms with Crippen LogP contribution < -0.4 is 5.32 Å². The van der Waals surface area contributed by atoms with Crippen LogP contribution in [0.15, 0.2) is 6.33 Å². The highest BCUT2D eigenvalue weighted by Crippen LogP contribution is 2.38. The fourth-order valence-corrected chi connectivity index (χ4v) is 3.80. The van der Waals surface area contributed by atoms with E-state index in [0.717, 1.165) is 32.0 Å². The first-order chi connectivity index (χ1) is 9.59. The van der Waals surface area contributed by atoms with E-state index in [4.69, 9.17) is 0 Å². The molecule has 2 atom stereocenters. The summed E-state index contributed by atoms with van der Waals surface area (Å²) in [6, 6.07) is 1.26. The minimum absolute atomic E-state index is 0.460. The molecule has 0 amide bonds. The molecule has 2 heterocycles. The van der Waals surface area contributed by atoms with Crippen molar-refractivity contribution in [2.45, 2.75) is 65.2 Å². The smallest absolute Gasteiger partial charge is 0.147 e. The second-order valence-corrected chi connectivity index (χ2v) is 7.05. The molecule has 1 fully saturated rings. The van der Waals surface area contributed by atoms with Gasteiger partial charge in [-0.25, -0.2) is 0 Å². The van der Waals surface area contributed by atoms with Crippen molar-refractivity contribution in [3.63, 3.8) is 0 Å². The maximum Gasteiger partial charge on any atom is 0.147 e. The van der Waals surface area contributed by atoms with Crippen LogP contribution in [0.4, 0.5) is 0 Å². The summed E-state index contributed by atoms with van der Waals surface area (Å²) in [5.41, 5.74) is 0.460. The SMILES string of the molecule is CCNC1CCC(C)(C)CC1N1CCn2cnnc2C1. The van der Waals surface area contributed by atoms with Crippen LogP contribution >= 0.6 is 0 Å². The lowest BCUT2D eigenvalue weighted by atomic mass is 9.72. The second-order valence-electron chi connectivity index (χ2n) is 7.05. The van der Waals surface area contributed by atoms with Crippen molar-refractivity contribution in [2.75, 3.05) is 13.1 Å². The Morgan fingerprint density at radius 2 is 2.25 bits per heavy atom. The maximum absolute atomic E-state index is 4.26. The van der Waals surface area contributed by atoms with Gasteiger partial charge >= 0.3 is 0 Å². The molecule has 0 radical (unpaired) electrons. The Labute approximate surface area is 121 Å². The Balaban J connectivity index is 1.75. The fraction of sp³-hybridized carbons (Fsp3) is 0.867. The van der Waals surface area contributed by atoms with Crippen molar-refractivity contribution in [3.05, 3.63) is 12.2 Å². The quantitative estimate of drug-likeness (QED) is 0.912. The number of hydrogen-bond acceptors (Lipinski definition) is 4. The van der Waals surface area contributed by atoms with E-state index in [2.05, 4.69) is 45.8 Å². The minimum Gasteiger partial charge on any atom is -0.315 e.